The first kappa shape index (κ1) is 8.07. The lowest BCUT2D eigenvalue weighted by Gasteiger charge is -2.08. The first-order chi connectivity index (χ1) is 4.09. The summed E-state index contributed by atoms with van der Waals surface area (Å²) in [5.74, 6) is -0.647. The molecular formula is C3H4N3O2S-. The summed E-state index contributed by atoms with van der Waals surface area (Å²) >= 11 is -2.59. The minimum absolute atomic E-state index is 0.647. The summed E-state index contributed by atoms with van der Waals surface area (Å²) in [6, 6.07) is 1.34. The highest BCUT2D eigenvalue weighted by atomic mass is 32.2. The number of rotatable bonds is 2. The van der Waals surface area contributed by atoms with E-state index in [1.165, 1.54) is 6.07 Å². The van der Waals surface area contributed by atoms with Gasteiger partial charge in [-0.05, 0) is 11.1 Å². The molecule has 0 aliphatic heterocycles. The number of nitriles is 1. The Morgan fingerprint density at radius 1 is 2.00 bits per heavy atom. The lowest BCUT2D eigenvalue weighted by Crippen LogP contribution is -2.30. The van der Waals surface area contributed by atoms with Crippen LogP contribution in [0.3, 0.4) is 0 Å². The molecule has 0 fully saturated rings. The molecule has 0 aromatic rings. The molecule has 0 rings (SSSR count). The molecule has 0 saturated heterocycles. The van der Waals surface area contributed by atoms with Gasteiger partial charge >= 0.3 is 0 Å². The molecule has 3 N–H and O–H groups in total. The van der Waals surface area contributed by atoms with Gasteiger partial charge in [0.25, 0.3) is 0 Å². The summed E-state index contributed by atoms with van der Waals surface area (Å²) < 4.78 is 19.9. The lowest BCUT2D eigenvalue weighted by molar-refractivity contribution is 0.537. The van der Waals surface area contributed by atoms with Crippen LogP contribution in [0, 0.1) is 16.7 Å². The maximum absolute atomic E-state index is 9.93. The van der Waals surface area contributed by atoms with Crippen LogP contribution < -0.4 is 5.73 Å². The largest absolute Gasteiger partial charge is 0.771 e. The third-order valence-corrected chi connectivity index (χ3v) is 1.34. The van der Waals surface area contributed by atoms with Crippen molar-refractivity contribution in [2.24, 2.45) is 5.73 Å². The van der Waals surface area contributed by atoms with Crippen LogP contribution in [-0.4, -0.2) is 19.8 Å². The summed E-state index contributed by atoms with van der Waals surface area (Å²) in [4.78, 5) is 0. The van der Waals surface area contributed by atoms with E-state index in [-0.39, 0.29) is 0 Å². The zero-order chi connectivity index (χ0) is 7.44. The second kappa shape index (κ2) is 3.17. The van der Waals surface area contributed by atoms with Gasteiger partial charge in [-0.2, -0.15) is 5.26 Å². The molecule has 0 radical (unpaired) electrons. The van der Waals surface area contributed by atoms with Crippen LogP contribution in [0.4, 0.5) is 0 Å². The standard InChI is InChI=1S/C3H5N3O2S/c4-1-2(3(5)6)9(7)8/h2H,(H3,5,6)(H,7,8)/p-1. The van der Waals surface area contributed by atoms with E-state index in [0.29, 0.717) is 0 Å². The van der Waals surface area contributed by atoms with E-state index in [1.54, 1.807) is 0 Å². The van der Waals surface area contributed by atoms with Gasteiger partial charge in [-0.15, -0.1) is 0 Å². The highest BCUT2D eigenvalue weighted by Gasteiger charge is 2.09. The third kappa shape index (κ3) is 2.21. The number of nitrogens with one attached hydrogen (secondary N) is 1. The van der Waals surface area contributed by atoms with Crippen molar-refractivity contribution < 1.29 is 8.76 Å². The highest BCUT2D eigenvalue weighted by Crippen LogP contribution is 1.88. The van der Waals surface area contributed by atoms with Crippen LogP contribution in [0.1, 0.15) is 0 Å². The monoisotopic (exact) mass is 146 g/mol. The molecule has 0 heterocycles. The second-order valence-electron chi connectivity index (χ2n) is 1.22. The topological polar surface area (TPSA) is 114 Å². The average Bonchev–Trinajstić information content (AvgIpc) is 1.64. The summed E-state index contributed by atoms with van der Waals surface area (Å²) in [6.45, 7) is 0. The van der Waals surface area contributed by atoms with Crippen molar-refractivity contribution in [1.29, 1.82) is 10.7 Å². The van der Waals surface area contributed by atoms with Gasteiger partial charge in [0.1, 0.15) is 5.84 Å². The van der Waals surface area contributed by atoms with E-state index >= 15 is 0 Å². The Hall–Kier alpha value is -0.930. The van der Waals surface area contributed by atoms with Crippen LogP contribution >= 0.6 is 0 Å². The minimum Gasteiger partial charge on any atom is -0.771 e. The predicted molar refractivity (Wildman–Crippen MR) is 30.2 cm³/mol. The van der Waals surface area contributed by atoms with Crippen molar-refractivity contribution in [1.82, 2.24) is 0 Å². The highest BCUT2D eigenvalue weighted by molar-refractivity contribution is 7.81. The smallest absolute Gasteiger partial charge is 0.164 e. The molecule has 5 nitrogen and oxygen atoms in total. The van der Waals surface area contributed by atoms with Crippen molar-refractivity contribution >= 4 is 16.9 Å². The van der Waals surface area contributed by atoms with Gasteiger partial charge in [-0.3, -0.25) is 9.62 Å². The van der Waals surface area contributed by atoms with Gasteiger partial charge in [0.2, 0.25) is 0 Å². The van der Waals surface area contributed by atoms with Crippen LogP contribution in [0.25, 0.3) is 0 Å². The molecule has 50 valence electrons. The van der Waals surface area contributed by atoms with Crippen LogP contribution in [-0.2, 0) is 11.1 Å². The van der Waals surface area contributed by atoms with E-state index < -0.39 is 22.2 Å². The third-order valence-electron chi connectivity index (χ3n) is 0.592. The van der Waals surface area contributed by atoms with Crippen LogP contribution in [0.2, 0.25) is 0 Å². The zero-order valence-corrected chi connectivity index (χ0v) is 5.14. The molecule has 0 amide bonds. The normalized spacial score (nSPS) is 15.6. The van der Waals surface area contributed by atoms with Crippen molar-refractivity contribution in [3.8, 4) is 6.07 Å². The molecule has 0 aliphatic carbocycles. The van der Waals surface area contributed by atoms with E-state index in [1.807, 2.05) is 0 Å². The Bertz CT molecular complexity index is 170. The molecule has 0 saturated carbocycles. The summed E-state index contributed by atoms with van der Waals surface area (Å²) in [6.07, 6.45) is 0. The van der Waals surface area contributed by atoms with Gasteiger partial charge in [0.05, 0.1) is 6.07 Å². The van der Waals surface area contributed by atoms with Crippen molar-refractivity contribution in [2.45, 2.75) is 5.25 Å². The number of amidine groups is 1. The molecule has 6 heteroatoms. The quantitative estimate of drug-likeness (QED) is 0.286. The van der Waals surface area contributed by atoms with Crippen LogP contribution in [0.5, 0.6) is 0 Å². The number of nitrogens with zero attached hydrogens (tertiary/aromatic N) is 1. The molecule has 0 aromatic carbocycles. The Labute approximate surface area is 54.3 Å². The van der Waals surface area contributed by atoms with E-state index in [4.69, 9.17) is 16.4 Å². The molecule has 2 unspecified atom stereocenters. The minimum atomic E-state index is -2.59. The van der Waals surface area contributed by atoms with Crippen molar-refractivity contribution in [3.63, 3.8) is 0 Å². The Balaban J connectivity index is 4.22. The fourth-order valence-corrected chi connectivity index (χ4v) is 0.510. The van der Waals surface area contributed by atoms with Gasteiger partial charge in [-0.1, -0.05) is 0 Å². The fraction of sp³-hybridized carbons (Fsp3) is 0.333. The van der Waals surface area contributed by atoms with Crippen LogP contribution in [0.15, 0.2) is 0 Å². The number of hydrogen-bond donors (Lipinski definition) is 2. The predicted octanol–water partition coefficient (Wildman–Crippen LogP) is -1.31. The van der Waals surface area contributed by atoms with Gasteiger partial charge < -0.3 is 10.3 Å². The number of hydrogen-bond acceptors (Lipinski definition) is 4. The first-order valence-corrected chi connectivity index (χ1v) is 3.05. The molecule has 0 spiro atoms. The number of nitrogens with two attached hydrogens (primary N) is 1. The Morgan fingerprint density at radius 3 is 2.44 bits per heavy atom. The molecule has 0 aliphatic rings. The summed E-state index contributed by atoms with van der Waals surface area (Å²) in [5.41, 5.74) is 4.72. The molecule has 9 heavy (non-hydrogen) atoms. The summed E-state index contributed by atoms with van der Waals surface area (Å²) in [5, 5.41) is 13.1. The molecule has 0 bridgehead atoms. The first-order valence-electron chi connectivity index (χ1n) is 1.91. The van der Waals surface area contributed by atoms with Gasteiger partial charge in [0, 0.05) is 0 Å². The van der Waals surface area contributed by atoms with Gasteiger partial charge in [0.15, 0.2) is 5.25 Å². The van der Waals surface area contributed by atoms with Crippen molar-refractivity contribution in [3.05, 3.63) is 0 Å². The van der Waals surface area contributed by atoms with Crippen molar-refractivity contribution in [2.75, 3.05) is 0 Å². The van der Waals surface area contributed by atoms with E-state index in [9.17, 15) is 8.76 Å². The van der Waals surface area contributed by atoms with E-state index in [0.717, 1.165) is 0 Å². The Kier molecular flexibility index (Phi) is 2.84. The fourth-order valence-electron chi connectivity index (χ4n) is 0.216. The maximum atomic E-state index is 9.93. The molecule has 2 atom stereocenters. The Morgan fingerprint density at radius 2 is 2.44 bits per heavy atom. The average molecular weight is 146 g/mol. The lowest BCUT2D eigenvalue weighted by atomic mass is 10.4. The SMILES string of the molecule is N#CC(C(=N)N)S(=O)[O-]. The maximum Gasteiger partial charge on any atom is 0.164 e. The molecule has 0 aromatic heterocycles. The zero-order valence-electron chi connectivity index (χ0n) is 4.33. The van der Waals surface area contributed by atoms with Gasteiger partial charge in [-0.25, -0.2) is 0 Å². The molecular weight excluding hydrogens is 142 g/mol. The van der Waals surface area contributed by atoms with E-state index in [2.05, 4.69) is 0 Å². The second-order valence-corrected chi connectivity index (χ2v) is 2.22. The summed E-state index contributed by atoms with van der Waals surface area (Å²) in [7, 11) is 0.